The highest BCUT2D eigenvalue weighted by Gasteiger charge is 2.49. The van der Waals surface area contributed by atoms with E-state index in [4.69, 9.17) is 9.47 Å². The minimum absolute atomic E-state index is 0.0755. The molecule has 0 bridgehead atoms. The van der Waals surface area contributed by atoms with Crippen molar-refractivity contribution in [3.63, 3.8) is 0 Å². The average Bonchev–Trinajstić information content (AvgIpc) is 2.91. The topological polar surface area (TPSA) is 73.3 Å². The van der Waals surface area contributed by atoms with Gasteiger partial charge in [-0.15, -0.1) is 0 Å². The minimum Gasteiger partial charge on any atom is -0.371 e. The van der Waals surface area contributed by atoms with Crippen molar-refractivity contribution in [2.45, 2.75) is 64.8 Å². The van der Waals surface area contributed by atoms with Crippen LogP contribution in [0.25, 0.3) is 0 Å². The van der Waals surface area contributed by atoms with Gasteiger partial charge in [0.1, 0.15) is 5.60 Å². The molecular formula is C15H25N3O3S. The fourth-order valence-electron chi connectivity index (χ4n) is 2.77. The summed E-state index contributed by atoms with van der Waals surface area (Å²) >= 11 is 1.17. The van der Waals surface area contributed by atoms with Gasteiger partial charge in [0.15, 0.2) is 5.82 Å². The minimum atomic E-state index is -0.572. The Morgan fingerprint density at radius 3 is 2.55 bits per heavy atom. The quantitative estimate of drug-likeness (QED) is 0.920. The fraction of sp³-hybridized carbons (Fsp3) is 0.800. The number of hydrogen-bond acceptors (Lipinski definition) is 6. The van der Waals surface area contributed by atoms with Gasteiger partial charge in [0, 0.05) is 18.6 Å². The third-order valence-electron chi connectivity index (χ3n) is 4.10. The number of hydrogen-bond donors (Lipinski definition) is 1. The van der Waals surface area contributed by atoms with Crippen LogP contribution >= 0.6 is 11.5 Å². The van der Waals surface area contributed by atoms with Crippen molar-refractivity contribution >= 4 is 22.6 Å². The highest BCUT2D eigenvalue weighted by Crippen LogP contribution is 2.42. The number of rotatable bonds is 4. The predicted molar refractivity (Wildman–Crippen MR) is 85.9 cm³/mol. The molecule has 7 heteroatoms. The Morgan fingerprint density at radius 2 is 2.05 bits per heavy atom. The van der Waals surface area contributed by atoms with Crippen molar-refractivity contribution in [2.75, 3.05) is 12.4 Å². The van der Waals surface area contributed by atoms with Crippen LogP contribution in [-0.2, 0) is 19.9 Å². The van der Waals surface area contributed by atoms with E-state index in [9.17, 15) is 4.79 Å². The van der Waals surface area contributed by atoms with Gasteiger partial charge in [0.25, 0.3) is 0 Å². The molecule has 6 nitrogen and oxygen atoms in total. The molecule has 1 aromatic heterocycles. The molecule has 0 aromatic carbocycles. The van der Waals surface area contributed by atoms with Crippen LogP contribution in [0.15, 0.2) is 0 Å². The first-order valence-electron chi connectivity index (χ1n) is 7.37. The van der Waals surface area contributed by atoms with E-state index in [1.54, 1.807) is 7.11 Å². The summed E-state index contributed by atoms with van der Waals surface area (Å²) in [6.07, 6.45) is 0.682. The summed E-state index contributed by atoms with van der Waals surface area (Å²) in [5.41, 5.74) is -1.36. The molecule has 1 amide bonds. The number of ether oxygens (including phenoxy) is 2. The van der Waals surface area contributed by atoms with Gasteiger partial charge in [0.2, 0.25) is 11.0 Å². The Morgan fingerprint density at radius 1 is 1.41 bits per heavy atom. The highest BCUT2D eigenvalue weighted by atomic mass is 32.1. The summed E-state index contributed by atoms with van der Waals surface area (Å²) in [4.78, 5) is 16.9. The van der Waals surface area contributed by atoms with Crippen LogP contribution in [0, 0.1) is 5.92 Å². The lowest BCUT2D eigenvalue weighted by Gasteiger charge is -2.26. The molecule has 1 N–H and O–H groups in total. The molecule has 0 spiro atoms. The van der Waals surface area contributed by atoms with E-state index >= 15 is 0 Å². The number of aromatic nitrogens is 2. The van der Waals surface area contributed by atoms with E-state index in [1.807, 2.05) is 41.5 Å². The maximum absolute atomic E-state index is 12.6. The Hall–Kier alpha value is -1.05. The molecule has 0 saturated carbocycles. The van der Waals surface area contributed by atoms with Crippen LogP contribution in [0.3, 0.4) is 0 Å². The molecule has 1 aromatic rings. The number of nitrogens with zero attached hydrogens (tertiary/aromatic N) is 2. The molecule has 1 atom stereocenters. The van der Waals surface area contributed by atoms with Crippen LogP contribution in [0.1, 0.15) is 53.8 Å². The molecule has 124 valence electrons. The van der Waals surface area contributed by atoms with E-state index in [0.717, 1.165) is 0 Å². The fourth-order valence-corrected chi connectivity index (χ4v) is 3.48. The summed E-state index contributed by atoms with van der Waals surface area (Å²) < 4.78 is 15.6. The number of methoxy groups -OCH3 is 1. The molecule has 0 radical (unpaired) electrons. The Bertz CT molecular complexity index is 566. The van der Waals surface area contributed by atoms with Crippen molar-refractivity contribution in [2.24, 2.45) is 5.92 Å². The van der Waals surface area contributed by atoms with Crippen LogP contribution in [0.5, 0.6) is 0 Å². The third-order valence-corrected chi connectivity index (χ3v) is 4.73. The molecule has 1 aliphatic heterocycles. The zero-order valence-electron chi connectivity index (χ0n) is 14.3. The first-order valence-corrected chi connectivity index (χ1v) is 8.14. The second-order valence-electron chi connectivity index (χ2n) is 7.35. The van der Waals surface area contributed by atoms with Crippen LogP contribution in [-0.4, -0.2) is 33.6 Å². The monoisotopic (exact) mass is 327 g/mol. The molecule has 22 heavy (non-hydrogen) atoms. The highest BCUT2D eigenvalue weighted by molar-refractivity contribution is 7.09. The Kier molecular flexibility index (Phi) is 4.36. The van der Waals surface area contributed by atoms with Gasteiger partial charge in [0.05, 0.1) is 17.1 Å². The second-order valence-corrected chi connectivity index (χ2v) is 8.10. The van der Waals surface area contributed by atoms with E-state index < -0.39 is 11.2 Å². The van der Waals surface area contributed by atoms with Gasteiger partial charge < -0.3 is 14.8 Å². The number of anilines is 1. The Balaban J connectivity index is 2.10. The number of carbonyl (C=O) groups excluding carboxylic acids is 1. The van der Waals surface area contributed by atoms with Gasteiger partial charge in [-0.2, -0.15) is 4.37 Å². The zero-order chi connectivity index (χ0) is 16.8. The largest absolute Gasteiger partial charge is 0.371 e. The standard InChI is InChI=1S/C15H25N3O3S/c1-13(2)8-9(14(3,4)21-13)10(19)16-12-17-11(18-22-12)15(5,6)20-7/h9H,8H2,1-7H3,(H,16,17,18,19). The normalized spacial score (nSPS) is 23.5. The molecule has 2 rings (SSSR count). The molecule has 1 saturated heterocycles. The van der Waals surface area contributed by atoms with Crippen molar-refractivity contribution in [1.29, 1.82) is 0 Å². The van der Waals surface area contributed by atoms with Crippen LogP contribution < -0.4 is 5.32 Å². The Labute approximate surface area is 135 Å². The van der Waals surface area contributed by atoms with E-state index in [0.29, 0.717) is 17.4 Å². The van der Waals surface area contributed by atoms with Crippen molar-refractivity contribution in [1.82, 2.24) is 9.36 Å². The van der Waals surface area contributed by atoms with Gasteiger partial charge >= 0.3 is 0 Å². The van der Waals surface area contributed by atoms with Gasteiger partial charge in [-0.25, -0.2) is 4.98 Å². The molecular weight excluding hydrogens is 302 g/mol. The van der Waals surface area contributed by atoms with Gasteiger partial charge in [-0.3, -0.25) is 4.79 Å². The number of nitrogens with one attached hydrogen (secondary N) is 1. The van der Waals surface area contributed by atoms with Crippen molar-refractivity contribution in [3.8, 4) is 0 Å². The summed E-state index contributed by atoms with van der Waals surface area (Å²) in [5.74, 6) is 0.274. The lowest BCUT2D eigenvalue weighted by Crippen LogP contribution is -2.36. The van der Waals surface area contributed by atoms with Crippen molar-refractivity contribution < 1.29 is 14.3 Å². The molecule has 0 aliphatic carbocycles. The molecule has 1 fully saturated rings. The maximum Gasteiger partial charge on any atom is 0.232 e. The molecule has 1 aliphatic rings. The van der Waals surface area contributed by atoms with Crippen LogP contribution in [0.2, 0.25) is 0 Å². The lowest BCUT2D eigenvalue weighted by molar-refractivity contribution is -0.126. The van der Waals surface area contributed by atoms with Crippen molar-refractivity contribution in [3.05, 3.63) is 5.82 Å². The van der Waals surface area contributed by atoms with E-state index in [1.165, 1.54) is 11.5 Å². The third kappa shape index (κ3) is 3.47. The number of amides is 1. The first kappa shape index (κ1) is 17.3. The molecule has 1 unspecified atom stereocenters. The van der Waals surface area contributed by atoms with Crippen LogP contribution in [0.4, 0.5) is 5.13 Å². The summed E-state index contributed by atoms with van der Waals surface area (Å²) in [6, 6.07) is 0. The van der Waals surface area contributed by atoms with E-state index in [-0.39, 0.29) is 17.4 Å². The average molecular weight is 327 g/mol. The smallest absolute Gasteiger partial charge is 0.232 e. The van der Waals surface area contributed by atoms with Gasteiger partial charge in [-0.05, 0) is 48.0 Å². The summed E-state index contributed by atoms with van der Waals surface area (Å²) in [5, 5.41) is 3.36. The zero-order valence-corrected chi connectivity index (χ0v) is 15.1. The van der Waals surface area contributed by atoms with E-state index in [2.05, 4.69) is 14.7 Å². The summed E-state index contributed by atoms with van der Waals surface area (Å²) in [6.45, 7) is 11.7. The second kappa shape index (κ2) is 5.54. The number of carbonyl (C=O) groups is 1. The molecule has 2 heterocycles. The lowest BCUT2D eigenvalue weighted by atomic mass is 9.87. The summed E-state index contributed by atoms with van der Waals surface area (Å²) in [7, 11) is 1.61. The SMILES string of the molecule is COC(C)(C)c1nsc(NC(=O)C2CC(C)(C)OC2(C)C)n1. The predicted octanol–water partition coefficient (Wildman–Crippen LogP) is 2.95. The van der Waals surface area contributed by atoms with Gasteiger partial charge in [-0.1, -0.05) is 0 Å². The maximum atomic E-state index is 12.6. The first-order chi connectivity index (χ1) is 9.97.